The lowest BCUT2D eigenvalue weighted by Gasteiger charge is -2.36. The number of ether oxygens (including phenoxy) is 3. The normalized spacial score (nSPS) is 13.6. The SMILES string of the molecule is COC(=O)c1cc(NC(=S)N2CCN(C(=O)OC(C)(C)C)CC2)ccc1-c1c2ccc(=O)cc-2oc2cc(OC)ccc12. The molecule has 0 unspecified atom stereocenters. The van der Waals surface area contributed by atoms with Gasteiger partial charge >= 0.3 is 12.1 Å². The van der Waals surface area contributed by atoms with Crippen LogP contribution in [0.3, 0.4) is 0 Å². The highest BCUT2D eigenvalue weighted by molar-refractivity contribution is 7.80. The number of esters is 1. The summed E-state index contributed by atoms with van der Waals surface area (Å²) in [7, 11) is 2.89. The fraction of sp³-hybridized carbons (Fsp3) is 0.312. The minimum Gasteiger partial charge on any atom is -0.497 e. The molecule has 1 saturated heterocycles. The molecule has 0 bridgehead atoms. The number of carbonyl (C=O) groups is 2. The van der Waals surface area contributed by atoms with Gasteiger partial charge in [-0.1, -0.05) is 6.07 Å². The number of thiocarbonyl (C=S) groups is 1. The molecule has 5 rings (SSSR count). The van der Waals surface area contributed by atoms with Crippen molar-refractivity contribution in [1.82, 2.24) is 9.80 Å². The molecular formula is C32H33N3O7S. The summed E-state index contributed by atoms with van der Waals surface area (Å²) in [6.45, 7) is 7.52. The number of benzene rings is 3. The fourth-order valence-corrected chi connectivity index (χ4v) is 5.31. The van der Waals surface area contributed by atoms with Crippen LogP contribution in [0.4, 0.5) is 10.5 Å². The topological polar surface area (TPSA) is 111 Å². The Labute approximate surface area is 254 Å². The molecule has 2 aromatic carbocycles. The largest absolute Gasteiger partial charge is 0.497 e. The van der Waals surface area contributed by atoms with E-state index in [2.05, 4.69) is 5.32 Å². The van der Waals surface area contributed by atoms with Gasteiger partial charge in [-0.25, -0.2) is 9.59 Å². The van der Waals surface area contributed by atoms with E-state index in [0.717, 1.165) is 5.39 Å². The van der Waals surface area contributed by atoms with Crippen LogP contribution in [0.2, 0.25) is 0 Å². The predicted octanol–water partition coefficient (Wildman–Crippen LogP) is 5.61. The lowest BCUT2D eigenvalue weighted by Crippen LogP contribution is -2.52. The molecule has 1 aliphatic carbocycles. The molecule has 11 heteroatoms. The van der Waals surface area contributed by atoms with Crippen molar-refractivity contribution in [1.29, 1.82) is 0 Å². The van der Waals surface area contributed by atoms with Crippen LogP contribution in [-0.2, 0) is 9.47 Å². The second-order valence-corrected chi connectivity index (χ2v) is 11.5. The zero-order valence-corrected chi connectivity index (χ0v) is 25.5. The van der Waals surface area contributed by atoms with Gasteiger partial charge in [0, 0.05) is 60.5 Å². The zero-order valence-electron chi connectivity index (χ0n) is 24.7. The van der Waals surface area contributed by atoms with Gasteiger partial charge in [0.1, 0.15) is 22.7 Å². The van der Waals surface area contributed by atoms with Crippen LogP contribution in [0.25, 0.3) is 33.4 Å². The molecule has 43 heavy (non-hydrogen) atoms. The molecule has 3 aliphatic rings. The van der Waals surface area contributed by atoms with E-state index in [1.807, 2.05) is 49.9 Å². The molecule has 2 aliphatic heterocycles. The van der Waals surface area contributed by atoms with E-state index in [-0.39, 0.29) is 11.5 Å². The number of fused-ring (bicyclic) bond motifs is 2. The number of piperazine rings is 1. The highest BCUT2D eigenvalue weighted by Crippen LogP contribution is 2.42. The lowest BCUT2D eigenvalue weighted by molar-refractivity contribution is 0.0188. The van der Waals surface area contributed by atoms with Crippen molar-refractivity contribution in [2.75, 3.05) is 45.7 Å². The van der Waals surface area contributed by atoms with Crippen molar-refractivity contribution in [3.63, 3.8) is 0 Å². The average Bonchev–Trinajstić information content (AvgIpc) is 2.98. The average molecular weight is 604 g/mol. The summed E-state index contributed by atoms with van der Waals surface area (Å²) in [4.78, 5) is 41.4. The van der Waals surface area contributed by atoms with Gasteiger partial charge in [-0.2, -0.15) is 0 Å². The third kappa shape index (κ3) is 6.41. The Hall–Kier alpha value is -4.64. The highest BCUT2D eigenvalue weighted by atomic mass is 32.1. The molecular weight excluding hydrogens is 570 g/mol. The number of methoxy groups -OCH3 is 2. The van der Waals surface area contributed by atoms with Crippen LogP contribution in [0, 0.1) is 0 Å². The monoisotopic (exact) mass is 603 g/mol. The molecule has 10 nitrogen and oxygen atoms in total. The Morgan fingerprint density at radius 2 is 1.60 bits per heavy atom. The van der Waals surface area contributed by atoms with Crippen LogP contribution in [0.15, 0.2) is 63.8 Å². The van der Waals surface area contributed by atoms with E-state index in [9.17, 15) is 14.4 Å². The van der Waals surface area contributed by atoms with Crippen molar-refractivity contribution < 1.29 is 28.2 Å². The molecule has 2 aromatic rings. The number of nitrogens with one attached hydrogen (secondary N) is 1. The van der Waals surface area contributed by atoms with Gasteiger partial charge in [0.25, 0.3) is 0 Å². The number of carbonyl (C=O) groups excluding carboxylic acids is 2. The minimum atomic E-state index is -0.562. The molecule has 0 spiro atoms. The van der Waals surface area contributed by atoms with Gasteiger partial charge in [0.15, 0.2) is 10.5 Å². The van der Waals surface area contributed by atoms with Gasteiger partial charge in [-0.15, -0.1) is 0 Å². The smallest absolute Gasteiger partial charge is 0.410 e. The first-order chi connectivity index (χ1) is 20.5. The maximum Gasteiger partial charge on any atom is 0.410 e. The fourth-order valence-electron chi connectivity index (χ4n) is 5.01. The first-order valence-corrected chi connectivity index (χ1v) is 14.2. The third-order valence-corrected chi connectivity index (χ3v) is 7.42. The van der Waals surface area contributed by atoms with E-state index < -0.39 is 11.6 Å². The van der Waals surface area contributed by atoms with Gasteiger partial charge in [0.05, 0.1) is 19.8 Å². The summed E-state index contributed by atoms with van der Waals surface area (Å²) < 4.78 is 22.1. The third-order valence-electron chi connectivity index (χ3n) is 7.06. The molecule has 1 amide bonds. The van der Waals surface area contributed by atoms with Crippen LogP contribution in [0.5, 0.6) is 5.75 Å². The van der Waals surface area contributed by atoms with Crippen LogP contribution >= 0.6 is 12.2 Å². The van der Waals surface area contributed by atoms with Crippen molar-refractivity contribution in [2.24, 2.45) is 0 Å². The molecule has 224 valence electrons. The van der Waals surface area contributed by atoms with Gasteiger partial charge in [-0.3, -0.25) is 4.79 Å². The number of hydrogen-bond acceptors (Lipinski definition) is 8. The first-order valence-electron chi connectivity index (χ1n) is 13.8. The van der Waals surface area contributed by atoms with Crippen LogP contribution < -0.4 is 15.5 Å². The summed E-state index contributed by atoms with van der Waals surface area (Å²) in [5, 5.41) is 4.43. The molecule has 0 saturated carbocycles. The van der Waals surface area contributed by atoms with E-state index in [1.54, 1.807) is 30.2 Å². The van der Waals surface area contributed by atoms with E-state index >= 15 is 0 Å². The molecule has 1 fully saturated rings. The summed E-state index contributed by atoms with van der Waals surface area (Å²) in [5.74, 6) is 0.438. The molecule has 0 aromatic heterocycles. The minimum absolute atomic E-state index is 0.197. The highest BCUT2D eigenvalue weighted by Gasteiger charge is 2.27. The molecule has 2 heterocycles. The van der Waals surface area contributed by atoms with Crippen LogP contribution in [-0.4, -0.2) is 73.0 Å². The number of nitrogens with zero attached hydrogens (tertiary/aromatic N) is 2. The van der Waals surface area contributed by atoms with Crippen molar-refractivity contribution in [3.05, 3.63) is 70.4 Å². The maximum absolute atomic E-state index is 13.1. The zero-order chi connectivity index (χ0) is 30.9. The molecule has 0 atom stereocenters. The first kappa shape index (κ1) is 29.8. The molecule has 1 N–H and O–H groups in total. The summed E-state index contributed by atoms with van der Waals surface area (Å²) in [5.41, 5.74) is 2.63. The predicted molar refractivity (Wildman–Crippen MR) is 168 cm³/mol. The lowest BCUT2D eigenvalue weighted by atomic mass is 9.90. The van der Waals surface area contributed by atoms with Crippen molar-refractivity contribution in [3.8, 4) is 28.2 Å². The Morgan fingerprint density at radius 1 is 0.907 bits per heavy atom. The number of anilines is 1. The van der Waals surface area contributed by atoms with Crippen LogP contribution in [0.1, 0.15) is 31.1 Å². The quantitative estimate of drug-likeness (QED) is 0.180. The summed E-state index contributed by atoms with van der Waals surface area (Å²) in [6, 6.07) is 15.3. The van der Waals surface area contributed by atoms with Gasteiger partial charge in [0.2, 0.25) is 0 Å². The Balaban J connectivity index is 1.46. The standard InChI is InChI=1S/C32H33N3O7S/c1-32(2,3)42-31(38)35-14-12-34(13-15-35)30(43)33-19-6-9-22(25(16-19)29(37)40-5)28-23-10-7-20(36)17-26(23)41-27-18-21(39-4)8-11-24(27)28/h6-11,16-18H,12-15H2,1-5H3,(H,33,43). The van der Waals surface area contributed by atoms with E-state index in [0.29, 0.717) is 76.3 Å². The maximum atomic E-state index is 13.1. The summed E-state index contributed by atoms with van der Waals surface area (Å²) >= 11 is 5.68. The van der Waals surface area contributed by atoms with Gasteiger partial charge in [-0.05, 0) is 75.0 Å². The Morgan fingerprint density at radius 3 is 2.28 bits per heavy atom. The van der Waals surface area contributed by atoms with Gasteiger partial charge < -0.3 is 33.7 Å². The van der Waals surface area contributed by atoms with E-state index in [4.69, 9.17) is 30.8 Å². The van der Waals surface area contributed by atoms with E-state index in [1.165, 1.54) is 19.2 Å². The van der Waals surface area contributed by atoms with Crippen molar-refractivity contribution >= 4 is 46.0 Å². The summed E-state index contributed by atoms with van der Waals surface area (Å²) in [6.07, 6.45) is -0.344. The number of amides is 1. The Bertz CT molecular complexity index is 1740. The number of rotatable bonds is 4. The van der Waals surface area contributed by atoms with Crippen molar-refractivity contribution in [2.45, 2.75) is 26.4 Å². The second kappa shape index (κ2) is 11.9. The molecule has 0 radical (unpaired) electrons. The Kier molecular flexibility index (Phi) is 8.27. The number of hydrogen-bond donors (Lipinski definition) is 1. The second-order valence-electron chi connectivity index (χ2n) is 11.1.